The van der Waals surface area contributed by atoms with E-state index in [4.69, 9.17) is 18.8 Å². The Morgan fingerprint density at radius 2 is 1.73 bits per heavy atom. The highest BCUT2D eigenvalue weighted by Crippen LogP contribution is 2.36. The summed E-state index contributed by atoms with van der Waals surface area (Å²) in [6.07, 6.45) is -0.613. The molecule has 30 heavy (non-hydrogen) atoms. The molecule has 1 saturated heterocycles. The summed E-state index contributed by atoms with van der Waals surface area (Å²) in [7, 11) is -0.542. The second kappa shape index (κ2) is 8.98. The third-order valence-corrected chi connectivity index (χ3v) is 5.21. The first-order valence-electron chi connectivity index (χ1n) is 10.3. The summed E-state index contributed by atoms with van der Waals surface area (Å²) in [5.74, 6) is -0.403. The largest absolute Gasteiger partial charge is 0.494 e. The summed E-state index contributed by atoms with van der Waals surface area (Å²) in [6, 6.07) is 6.87. The smallest absolute Gasteiger partial charge is 0.466 e. The number of amides is 1. The van der Waals surface area contributed by atoms with E-state index in [1.54, 1.807) is 27.7 Å². The lowest BCUT2D eigenvalue weighted by atomic mass is 9.78. The van der Waals surface area contributed by atoms with Crippen molar-refractivity contribution in [3.63, 3.8) is 0 Å². The Labute approximate surface area is 179 Å². The Balaban J connectivity index is 2.26. The lowest BCUT2D eigenvalue weighted by molar-refractivity contribution is -0.143. The van der Waals surface area contributed by atoms with Crippen molar-refractivity contribution >= 4 is 24.6 Å². The van der Waals surface area contributed by atoms with E-state index >= 15 is 0 Å². The maximum absolute atomic E-state index is 12.4. The highest BCUT2D eigenvalue weighted by molar-refractivity contribution is 6.62. The number of hydrogen-bond donors (Lipinski definition) is 1. The normalized spacial score (nSPS) is 18.6. The van der Waals surface area contributed by atoms with Gasteiger partial charge in [-0.15, -0.1) is 0 Å². The first-order valence-corrected chi connectivity index (χ1v) is 10.3. The zero-order valence-corrected chi connectivity index (χ0v) is 19.3. The summed E-state index contributed by atoms with van der Waals surface area (Å²) in [6.45, 7) is 15.3. The molecule has 0 saturated carbocycles. The van der Waals surface area contributed by atoms with Gasteiger partial charge < -0.3 is 24.1 Å². The van der Waals surface area contributed by atoms with Crippen LogP contribution in [0.4, 0.5) is 4.79 Å². The van der Waals surface area contributed by atoms with Crippen LogP contribution in [-0.2, 0) is 23.6 Å². The van der Waals surface area contributed by atoms with Crippen LogP contribution in [0.3, 0.4) is 0 Å². The highest BCUT2D eigenvalue weighted by atomic mass is 16.7. The van der Waals surface area contributed by atoms with Crippen molar-refractivity contribution in [3.8, 4) is 0 Å². The molecule has 1 aliphatic rings. The summed E-state index contributed by atoms with van der Waals surface area (Å²) in [5.41, 5.74) is -0.0325. The van der Waals surface area contributed by atoms with Crippen LogP contribution in [0.1, 0.15) is 73.4 Å². The Morgan fingerprint density at radius 3 is 2.27 bits per heavy atom. The van der Waals surface area contributed by atoms with Crippen molar-refractivity contribution in [1.29, 1.82) is 0 Å². The van der Waals surface area contributed by atoms with Gasteiger partial charge in [-0.3, -0.25) is 4.79 Å². The Hall–Kier alpha value is -2.06. The van der Waals surface area contributed by atoms with Gasteiger partial charge >= 0.3 is 19.2 Å². The van der Waals surface area contributed by atoms with E-state index in [0.29, 0.717) is 0 Å². The summed E-state index contributed by atoms with van der Waals surface area (Å²) in [5, 5.41) is 2.79. The fourth-order valence-corrected chi connectivity index (χ4v) is 2.99. The van der Waals surface area contributed by atoms with Crippen molar-refractivity contribution in [2.75, 3.05) is 6.61 Å². The van der Waals surface area contributed by atoms with Crippen molar-refractivity contribution in [2.45, 2.75) is 84.7 Å². The Morgan fingerprint density at radius 1 is 1.13 bits per heavy atom. The van der Waals surface area contributed by atoms with Gasteiger partial charge in [0.2, 0.25) is 0 Å². The van der Waals surface area contributed by atoms with Crippen molar-refractivity contribution < 1.29 is 28.4 Å². The molecule has 0 aliphatic carbocycles. The third kappa shape index (κ3) is 6.22. The number of carbonyl (C=O) groups excluding carboxylic acids is 2. The maximum Gasteiger partial charge on any atom is 0.494 e. The molecule has 0 unspecified atom stereocenters. The van der Waals surface area contributed by atoms with Crippen LogP contribution in [0.5, 0.6) is 0 Å². The summed E-state index contributed by atoms with van der Waals surface area (Å²) >= 11 is 0. The van der Waals surface area contributed by atoms with Crippen LogP contribution < -0.4 is 10.8 Å². The topological polar surface area (TPSA) is 83.1 Å². The van der Waals surface area contributed by atoms with Crippen molar-refractivity contribution in [1.82, 2.24) is 5.32 Å². The van der Waals surface area contributed by atoms with Gasteiger partial charge in [0.15, 0.2) is 0 Å². The fraction of sp³-hybridized carbons (Fsp3) is 0.636. The molecule has 0 aromatic heterocycles. The number of esters is 1. The first-order chi connectivity index (χ1) is 13.7. The van der Waals surface area contributed by atoms with Gasteiger partial charge in [0, 0.05) is 0 Å². The molecule has 0 spiro atoms. The van der Waals surface area contributed by atoms with Gasteiger partial charge in [0.25, 0.3) is 0 Å². The number of rotatable bonds is 6. The predicted molar refractivity (Wildman–Crippen MR) is 116 cm³/mol. The lowest BCUT2D eigenvalue weighted by Crippen LogP contribution is -2.41. The van der Waals surface area contributed by atoms with Gasteiger partial charge in [0.05, 0.1) is 30.3 Å². The van der Waals surface area contributed by atoms with E-state index in [1.165, 1.54) is 0 Å². The molecule has 1 aromatic rings. The van der Waals surface area contributed by atoms with Gasteiger partial charge in [-0.25, -0.2) is 4.79 Å². The van der Waals surface area contributed by atoms with Crippen molar-refractivity contribution in [3.05, 3.63) is 29.8 Å². The lowest BCUT2D eigenvalue weighted by Gasteiger charge is -2.32. The van der Waals surface area contributed by atoms with Crippen molar-refractivity contribution in [2.24, 2.45) is 0 Å². The van der Waals surface area contributed by atoms with Gasteiger partial charge in [-0.1, -0.05) is 24.3 Å². The monoisotopic (exact) mass is 419 g/mol. The first kappa shape index (κ1) is 24.2. The van der Waals surface area contributed by atoms with Crippen LogP contribution in [0.2, 0.25) is 0 Å². The second-order valence-electron chi connectivity index (χ2n) is 9.47. The van der Waals surface area contributed by atoms with E-state index in [2.05, 4.69) is 5.32 Å². The van der Waals surface area contributed by atoms with Crippen LogP contribution >= 0.6 is 0 Å². The molecule has 1 atom stereocenters. The van der Waals surface area contributed by atoms with E-state index in [9.17, 15) is 9.59 Å². The van der Waals surface area contributed by atoms with Gasteiger partial charge in [0.1, 0.15) is 5.60 Å². The Kier molecular flexibility index (Phi) is 7.25. The van der Waals surface area contributed by atoms with E-state index in [-0.39, 0.29) is 13.0 Å². The number of hydrogen-bond acceptors (Lipinski definition) is 6. The van der Waals surface area contributed by atoms with E-state index in [0.717, 1.165) is 11.0 Å². The third-order valence-electron chi connectivity index (χ3n) is 5.21. The average molecular weight is 419 g/mol. The molecule has 2 rings (SSSR count). The molecule has 1 aliphatic heterocycles. The molecule has 166 valence electrons. The molecule has 0 bridgehead atoms. The number of alkyl carbamates (subject to hydrolysis) is 1. The number of ether oxygens (including phenoxy) is 2. The maximum atomic E-state index is 12.4. The number of benzene rings is 1. The highest BCUT2D eigenvalue weighted by Gasteiger charge is 2.51. The molecule has 8 heteroatoms. The minimum Gasteiger partial charge on any atom is -0.466 e. The zero-order valence-electron chi connectivity index (χ0n) is 19.3. The molecule has 1 aromatic carbocycles. The van der Waals surface area contributed by atoms with Crippen LogP contribution in [-0.4, -0.2) is 42.6 Å². The summed E-state index contributed by atoms with van der Waals surface area (Å²) in [4.78, 5) is 24.5. The fourth-order valence-electron chi connectivity index (χ4n) is 2.99. The predicted octanol–water partition coefficient (Wildman–Crippen LogP) is 3.50. The minimum absolute atomic E-state index is 0.0140. The van der Waals surface area contributed by atoms with Gasteiger partial charge in [-0.05, 0) is 66.4 Å². The van der Waals surface area contributed by atoms with E-state index < -0.39 is 42.0 Å². The molecule has 1 heterocycles. The molecular formula is C22H34BNO6. The SMILES string of the molecule is CCOC(=O)C[C@H](NC(=O)OC(C)(C)C)c1cccc(B2OC(C)(C)C(C)(C)O2)c1. The molecule has 0 radical (unpaired) electrons. The molecule has 1 amide bonds. The van der Waals surface area contributed by atoms with E-state index in [1.807, 2.05) is 52.0 Å². The van der Waals surface area contributed by atoms with Crippen LogP contribution in [0.15, 0.2) is 24.3 Å². The van der Waals surface area contributed by atoms with Gasteiger partial charge in [-0.2, -0.15) is 0 Å². The molecule has 7 nitrogen and oxygen atoms in total. The second-order valence-corrected chi connectivity index (χ2v) is 9.47. The van der Waals surface area contributed by atoms with Crippen LogP contribution in [0, 0.1) is 0 Å². The molecule has 1 fully saturated rings. The quantitative estimate of drug-likeness (QED) is 0.561. The molecular weight excluding hydrogens is 385 g/mol. The Bertz CT molecular complexity index is 755. The summed E-state index contributed by atoms with van der Waals surface area (Å²) < 4.78 is 22.7. The average Bonchev–Trinajstić information content (AvgIpc) is 2.81. The standard InChI is InChI=1S/C22H34BNO6/c1-9-27-18(25)14-17(24-19(26)28-20(2,3)4)15-11-10-12-16(13-15)23-29-21(5,6)22(7,8)30-23/h10-13,17H,9,14H2,1-8H3,(H,24,26)/t17-/m0/s1. The molecule has 1 N–H and O–H groups in total. The number of carbonyl (C=O) groups is 2. The number of nitrogens with one attached hydrogen (secondary N) is 1. The minimum atomic E-state index is -0.650. The van der Waals surface area contributed by atoms with Crippen LogP contribution in [0.25, 0.3) is 0 Å². The zero-order chi connectivity index (χ0) is 22.7.